The molecule has 4 unspecified atom stereocenters. The number of phenols is 1. The molecule has 0 spiro atoms. The van der Waals surface area contributed by atoms with E-state index in [-0.39, 0.29) is 29.7 Å². The lowest BCUT2D eigenvalue weighted by molar-refractivity contribution is -0.131. The molecule has 0 saturated carbocycles. The van der Waals surface area contributed by atoms with Gasteiger partial charge in [0.1, 0.15) is 17.6 Å². The Morgan fingerprint density at radius 1 is 1.06 bits per heavy atom. The fourth-order valence-corrected chi connectivity index (χ4v) is 5.26. The van der Waals surface area contributed by atoms with Crippen LogP contribution in [0.5, 0.6) is 17.2 Å². The summed E-state index contributed by atoms with van der Waals surface area (Å²) >= 11 is 0. The molecule has 3 heterocycles. The van der Waals surface area contributed by atoms with Gasteiger partial charge in [-0.15, -0.1) is 0 Å². The maximum atomic E-state index is 13.6. The van der Waals surface area contributed by atoms with Crippen LogP contribution < -0.4 is 20.3 Å². The topological polar surface area (TPSA) is 96.2 Å². The number of hydrogen-bond donors (Lipinski definition) is 3. The maximum absolute atomic E-state index is 13.6. The first kappa shape index (κ1) is 24.2. The number of likely N-dealkylation sites (tertiary alicyclic amines) is 1. The number of amides is 1. The van der Waals surface area contributed by atoms with Gasteiger partial charge in [0, 0.05) is 11.5 Å². The van der Waals surface area contributed by atoms with Gasteiger partial charge in [-0.2, -0.15) is 0 Å². The molecule has 1 aromatic heterocycles. The van der Waals surface area contributed by atoms with E-state index in [4.69, 9.17) is 13.9 Å². The van der Waals surface area contributed by atoms with Crippen LogP contribution in [0.25, 0.3) is 0 Å². The van der Waals surface area contributed by atoms with Crippen molar-refractivity contribution in [2.24, 2.45) is 11.8 Å². The molecule has 2 aliphatic heterocycles. The summed E-state index contributed by atoms with van der Waals surface area (Å²) in [4.78, 5) is 15.5. The minimum absolute atomic E-state index is 0.0250. The highest BCUT2D eigenvalue weighted by Crippen LogP contribution is 2.50. The summed E-state index contributed by atoms with van der Waals surface area (Å²) in [5.41, 5.74) is 8.14. The quantitative estimate of drug-likeness (QED) is 0.410. The Labute approximate surface area is 211 Å². The number of hydrogen-bond acceptors (Lipinski definition) is 7. The van der Waals surface area contributed by atoms with Crippen LogP contribution >= 0.6 is 0 Å². The molecule has 0 aliphatic carbocycles. The summed E-state index contributed by atoms with van der Waals surface area (Å²) in [5, 5.41) is 10.6. The highest BCUT2D eigenvalue weighted by molar-refractivity contribution is 5.86. The van der Waals surface area contributed by atoms with E-state index < -0.39 is 6.04 Å². The fraction of sp³-hybridized carbons (Fsp3) is 0.393. The van der Waals surface area contributed by atoms with Crippen LogP contribution in [-0.4, -0.2) is 35.7 Å². The third kappa shape index (κ3) is 4.54. The molecule has 36 heavy (non-hydrogen) atoms. The Morgan fingerprint density at radius 2 is 1.86 bits per heavy atom. The summed E-state index contributed by atoms with van der Waals surface area (Å²) in [6, 6.07) is 15.8. The summed E-state index contributed by atoms with van der Waals surface area (Å²) in [6.45, 7) is 5.27. The van der Waals surface area contributed by atoms with Gasteiger partial charge in [-0.3, -0.25) is 4.79 Å². The number of methoxy groups -OCH3 is 1. The molecule has 5 rings (SSSR count). The number of furan rings is 1. The van der Waals surface area contributed by atoms with Crippen molar-refractivity contribution in [2.45, 2.75) is 44.9 Å². The summed E-state index contributed by atoms with van der Waals surface area (Å²) in [6.07, 6.45) is 2.56. The number of rotatable bonds is 9. The number of benzene rings is 2. The van der Waals surface area contributed by atoms with E-state index in [0.717, 1.165) is 17.5 Å². The predicted molar refractivity (Wildman–Crippen MR) is 134 cm³/mol. The molecule has 1 amide bonds. The second-order valence-corrected chi connectivity index (χ2v) is 9.81. The minimum atomic E-state index is -0.456. The van der Waals surface area contributed by atoms with Gasteiger partial charge in [0.25, 0.3) is 0 Å². The summed E-state index contributed by atoms with van der Waals surface area (Å²) < 4.78 is 17.3. The van der Waals surface area contributed by atoms with Crippen LogP contribution in [0.15, 0.2) is 65.3 Å². The second kappa shape index (κ2) is 10.2. The third-order valence-electron chi connectivity index (χ3n) is 7.07. The number of ether oxygens (including phenoxy) is 2. The second-order valence-electron chi connectivity index (χ2n) is 9.81. The fourth-order valence-electron chi connectivity index (χ4n) is 5.26. The molecule has 2 fully saturated rings. The van der Waals surface area contributed by atoms with Crippen LogP contribution in [0.4, 0.5) is 0 Å². The Bertz CT molecular complexity index is 1200. The molecular weight excluding hydrogens is 458 g/mol. The van der Waals surface area contributed by atoms with Crippen molar-refractivity contribution in [3.8, 4) is 17.2 Å². The van der Waals surface area contributed by atoms with Crippen LogP contribution in [0.2, 0.25) is 0 Å². The maximum Gasteiger partial charge on any atom is 0.242 e. The van der Waals surface area contributed by atoms with Gasteiger partial charge in [-0.05, 0) is 48.2 Å². The largest absolute Gasteiger partial charge is 0.508 e. The molecule has 3 aromatic rings. The van der Waals surface area contributed by atoms with Gasteiger partial charge in [-0.1, -0.05) is 38.1 Å². The minimum Gasteiger partial charge on any atom is -0.508 e. The van der Waals surface area contributed by atoms with Gasteiger partial charge in [0.2, 0.25) is 5.91 Å². The number of carbonyl (C=O) groups is 1. The van der Waals surface area contributed by atoms with Crippen molar-refractivity contribution in [1.29, 1.82) is 0 Å². The van der Waals surface area contributed by atoms with Gasteiger partial charge in [0.05, 0.1) is 38.6 Å². The standard InChI is InChI=1S/C28H33N3O5/c1-17(2)12-14-36-22-11-10-18(15-23(22)34-3)27-24-25(20-8-4-5-9-21(20)32)29-30-26(24)28(33)31(27)16-19-7-6-13-35-19/h4-11,13,15,17,24-27,29-30,32H,12,14,16H2,1-3H3. The number of para-hydroxylation sites is 1. The molecule has 4 atom stereocenters. The van der Waals surface area contributed by atoms with E-state index >= 15 is 0 Å². The number of nitrogens with one attached hydrogen (secondary N) is 2. The zero-order valence-electron chi connectivity index (χ0n) is 20.8. The highest BCUT2D eigenvalue weighted by atomic mass is 16.5. The molecule has 0 bridgehead atoms. The Hall–Kier alpha value is -3.49. The van der Waals surface area contributed by atoms with E-state index in [1.165, 1.54) is 0 Å². The van der Waals surface area contributed by atoms with Crippen molar-refractivity contribution < 1.29 is 23.8 Å². The summed E-state index contributed by atoms with van der Waals surface area (Å²) in [5.74, 6) is 2.55. The highest BCUT2D eigenvalue weighted by Gasteiger charge is 2.56. The number of hydrazine groups is 1. The number of aromatic hydroxyl groups is 1. The van der Waals surface area contributed by atoms with Gasteiger partial charge in [-0.25, -0.2) is 10.9 Å². The number of nitrogens with zero attached hydrogens (tertiary/aromatic N) is 1. The Morgan fingerprint density at radius 3 is 2.58 bits per heavy atom. The molecule has 0 radical (unpaired) electrons. The van der Waals surface area contributed by atoms with Crippen molar-refractivity contribution in [3.63, 3.8) is 0 Å². The van der Waals surface area contributed by atoms with E-state index in [1.54, 1.807) is 25.5 Å². The SMILES string of the molecule is COc1cc(C2C3C(NNC3c3ccccc3O)C(=O)N2Cc2ccco2)ccc1OCCC(C)C. The van der Waals surface area contributed by atoms with Crippen molar-refractivity contribution in [3.05, 3.63) is 77.7 Å². The van der Waals surface area contributed by atoms with Crippen LogP contribution in [0.1, 0.15) is 49.2 Å². The first-order valence-corrected chi connectivity index (χ1v) is 12.4. The molecule has 2 aromatic carbocycles. The first-order valence-electron chi connectivity index (χ1n) is 12.4. The molecular formula is C28H33N3O5. The molecule has 2 saturated heterocycles. The Kier molecular flexibility index (Phi) is 6.89. The zero-order valence-corrected chi connectivity index (χ0v) is 20.8. The van der Waals surface area contributed by atoms with E-state index in [9.17, 15) is 9.90 Å². The van der Waals surface area contributed by atoms with E-state index in [0.29, 0.717) is 36.3 Å². The average Bonchev–Trinajstić information content (AvgIpc) is 3.59. The lowest BCUT2D eigenvalue weighted by atomic mass is 9.83. The van der Waals surface area contributed by atoms with Gasteiger partial charge < -0.3 is 23.9 Å². The first-order chi connectivity index (χ1) is 17.5. The van der Waals surface area contributed by atoms with Crippen molar-refractivity contribution >= 4 is 5.91 Å². The Balaban J connectivity index is 1.53. The third-order valence-corrected chi connectivity index (χ3v) is 7.07. The van der Waals surface area contributed by atoms with Crippen LogP contribution in [0, 0.1) is 11.8 Å². The zero-order chi connectivity index (χ0) is 25.2. The van der Waals surface area contributed by atoms with Crippen molar-refractivity contribution in [1.82, 2.24) is 15.8 Å². The molecule has 190 valence electrons. The lowest BCUT2D eigenvalue weighted by Crippen LogP contribution is -2.41. The van der Waals surface area contributed by atoms with E-state index in [2.05, 4.69) is 24.7 Å². The molecule has 2 aliphatic rings. The molecule has 8 nitrogen and oxygen atoms in total. The normalized spacial score (nSPS) is 23.3. The lowest BCUT2D eigenvalue weighted by Gasteiger charge is -2.31. The number of fused-ring (bicyclic) bond motifs is 1. The molecule has 8 heteroatoms. The summed E-state index contributed by atoms with van der Waals surface area (Å²) in [7, 11) is 1.63. The van der Waals surface area contributed by atoms with Crippen LogP contribution in [0.3, 0.4) is 0 Å². The molecule has 3 N–H and O–H groups in total. The van der Waals surface area contributed by atoms with Crippen molar-refractivity contribution in [2.75, 3.05) is 13.7 Å². The number of carbonyl (C=O) groups excluding carboxylic acids is 1. The smallest absolute Gasteiger partial charge is 0.242 e. The average molecular weight is 492 g/mol. The van der Waals surface area contributed by atoms with Gasteiger partial charge in [0.15, 0.2) is 11.5 Å². The van der Waals surface area contributed by atoms with Crippen LogP contribution in [-0.2, 0) is 11.3 Å². The van der Waals surface area contributed by atoms with Gasteiger partial charge >= 0.3 is 0 Å². The van der Waals surface area contributed by atoms with E-state index in [1.807, 2.05) is 47.4 Å². The number of phenolic OH excluding ortho intramolecular Hbond substituents is 1. The monoisotopic (exact) mass is 491 g/mol. The predicted octanol–water partition coefficient (Wildman–Crippen LogP) is 4.34.